The molecule has 0 aromatic carbocycles. The molecule has 1 aromatic rings. The van der Waals surface area contributed by atoms with Crippen LogP contribution >= 0.6 is 0 Å². The molecule has 1 rings (SSSR count). The first kappa shape index (κ1) is 14.7. The van der Waals surface area contributed by atoms with E-state index < -0.39 is 16.8 Å². The van der Waals surface area contributed by atoms with Gasteiger partial charge >= 0.3 is 5.97 Å². The van der Waals surface area contributed by atoms with Crippen LogP contribution in [0.4, 0.5) is 5.82 Å². The van der Waals surface area contributed by atoms with Crippen LogP contribution in [0.25, 0.3) is 0 Å². The monoisotopic (exact) mass is 273 g/mol. The molecule has 0 saturated heterocycles. The Kier molecular flexibility index (Phi) is 4.89. The zero-order valence-electron chi connectivity index (χ0n) is 11.1. The summed E-state index contributed by atoms with van der Waals surface area (Å²) in [4.78, 5) is 15.7. The van der Waals surface area contributed by atoms with Crippen LogP contribution in [0.1, 0.15) is 30.2 Å². The van der Waals surface area contributed by atoms with E-state index in [0.717, 1.165) is 0 Å². The Balaban J connectivity index is 3.01. The highest BCUT2D eigenvalue weighted by Gasteiger charge is 2.21. The normalized spacial score (nSPS) is 14.2. The quantitative estimate of drug-likeness (QED) is 0.799. The summed E-state index contributed by atoms with van der Waals surface area (Å²) in [5.74, 6) is 0.359. The summed E-state index contributed by atoms with van der Waals surface area (Å²) < 4.78 is 17.9. The second-order valence-corrected chi connectivity index (χ2v) is 5.84. The van der Waals surface area contributed by atoms with Gasteiger partial charge < -0.3 is 15.0 Å². The molecular formula is C11H19N3O3S. The Morgan fingerprint density at radius 2 is 2.22 bits per heavy atom. The molecule has 18 heavy (non-hydrogen) atoms. The highest BCUT2D eigenvalue weighted by molar-refractivity contribution is 7.84. The standard InChI is InChI=1S/C11H19N3O3S/c1-5-17-11(15)9-10(12)14(8(3)13-9)6-7(2)18(4)16/h7H,5-6,12H2,1-4H3. The Hall–Kier alpha value is -1.37. The molecule has 1 heterocycles. The summed E-state index contributed by atoms with van der Waals surface area (Å²) in [5.41, 5.74) is 6.01. The van der Waals surface area contributed by atoms with Crippen molar-refractivity contribution < 1.29 is 13.7 Å². The summed E-state index contributed by atoms with van der Waals surface area (Å²) in [6.45, 7) is 6.08. The molecule has 6 nitrogen and oxygen atoms in total. The number of ether oxygens (including phenoxy) is 1. The van der Waals surface area contributed by atoms with E-state index in [1.807, 2.05) is 6.92 Å². The fourth-order valence-electron chi connectivity index (χ4n) is 1.52. The highest BCUT2D eigenvalue weighted by Crippen LogP contribution is 2.16. The van der Waals surface area contributed by atoms with Crippen LogP contribution < -0.4 is 5.73 Å². The molecule has 0 aliphatic rings. The number of rotatable bonds is 5. The maximum Gasteiger partial charge on any atom is 0.360 e. The number of nitrogen functional groups attached to an aromatic ring is 1. The number of hydrogen-bond acceptors (Lipinski definition) is 5. The molecule has 7 heteroatoms. The third kappa shape index (κ3) is 3.10. The average molecular weight is 273 g/mol. The van der Waals surface area contributed by atoms with Crippen LogP contribution in [-0.2, 0) is 22.1 Å². The molecule has 1 aromatic heterocycles. The second kappa shape index (κ2) is 5.99. The first-order valence-electron chi connectivity index (χ1n) is 5.70. The van der Waals surface area contributed by atoms with Crippen molar-refractivity contribution in [3.63, 3.8) is 0 Å². The van der Waals surface area contributed by atoms with Crippen molar-refractivity contribution in [3.05, 3.63) is 11.5 Å². The summed E-state index contributed by atoms with van der Waals surface area (Å²) in [6.07, 6.45) is 1.64. The molecule has 0 saturated carbocycles. The van der Waals surface area contributed by atoms with Crippen molar-refractivity contribution in [1.29, 1.82) is 0 Å². The zero-order valence-corrected chi connectivity index (χ0v) is 11.9. The number of anilines is 1. The minimum atomic E-state index is -0.953. The number of esters is 1. The average Bonchev–Trinajstić information content (AvgIpc) is 2.57. The molecular weight excluding hydrogens is 254 g/mol. The molecule has 2 unspecified atom stereocenters. The van der Waals surface area contributed by atoms with Crippen molar-refractivity contribution in [2.24, 2.45) is 0 Å². The number of hydrogen-bond donors (Lipinski definition) is 1. The number of nitrogens with two attached hydrogens (primary N) is 1. The highest BCUT2D eigenvalue weighted by atomic mass is 32.2. The van der Waals surface area contributed by atoms with Gasteiger partial charge in [-0.05, 0) is 20.8 Å². The lowest BCUT2D eigenvalue weighted by Crippen LogP contribution is -2.20. The summed E-state index contributed by atoms with van der Waals surface area (Å²) in [7, 11) is -0.953. The van der Waals surface area contributed by atoms with Crippen molar-refractivity contribution in [2.45, 2.75) is 32.6 Å². The molecule has 0 fully saturated rings. The van der Waals surface area contributed by atoms with E-state index in [9.17, 15) is 9.00 Å². The molecule has 0 radical (unpaired) electrons. The van der Waals surface area contributed by atoms with Gasteiger partial charge in [0, 0.05) is 28.9 Å². The number of imidazole rings is 1. The number of aryl methyl sites for hydroxylation is 1. The second-order valence-electron chi connectivity index (χ2n) is 4.03. The molecule has 0 aliphatic carbocycles. The van der Waals surface area contributed by atoms with Gasteiger partial charge in [-0.25, -0.2) is 9.78 Å². The summed E-state index contributed by atoms with van der Waals surface area (Å²) >= 11 is 0. The van der Waals surface area contributed by atoms with Crippen LogP contribution in [0.3, 0.4) is 0 Å². The number of carbonyl (C=O) groups is 1. The van der Waals surface area contributed by atoms with E-state index >= 15 is 0 Å². The van der Waals surface area contributed by atoms with E-state index in [1.54, 1.807) is 24.7 Å². The van der Waals surface area contributed by atoms with Crippen LogP contribution in [0.15, 0.2) is 0 Å². The van der Waals surface area contributed by atoms with Gasteiger partial charge in [0.15, 0.2) is 5.69 Å². The third-order valence-corrected chi connectivity index (χ3v) is 3.96. The fourth-order valence-corrected chi connectivity index (χ4v) is 1.88. The molecule has 102 valence electrons. The van der Waals surface area contributed by atoms with E-state index in [4.69, 9.17) is 10.5 Å². The smallest absolute Gasteiger partial charge is 0.360 e. The van der Waals surface area contributed by atoms with Gasteiger partial charge in [0.2, 0.25) is 0 Å². The lowest BCUT2D eigenvalue weighted by atomic mass is 10.4. The van der Waals surface area contributed by atoms with Crippen LogP contribution in [0, 0.1) is 6.92 Å². The molecule has 0 spiro atoms. The maximum atomic E-state index is 11.6. The topological polar surface area (TPSA) is 87.2 Å². The van der Waals surface area contributed by atoms with Gasteiger partial charge in [-0.2, -0.15) is 0 Å². The Morgan fingerprint density at radius 3 is 2.72 bits per heavy atom. The van der Waals surface area contributed by atoms with Crippen molar-refractivity contribution in [2.75, 3.05) is 18.6 Å². The Labute approximate surface area is 109 Å². The minimum Gasteiger partial charge on any atom is -0.461 e. The summed E-state index contributed by atoms with van der Waals surface area (Å²) in [6, 6.07) is 0. The van der Waals surface area contributed by atoms with Gasteiger partial charge in [-0.15, -0.1) is 0 Å². The lowest BCUT2D eigenvalue weighted by molar-refractivity contribution is 0.0521. The fraction of sp³-hybridized carbons (Fsp3) is 0.636. The van der Waals surface area contributed by atoms with Crippen molar-refractivity contribution >= 4 is 22.6 Å². The predicted molar refractivity (Wildman–Crippen MR) is 70.9 cm³/mol. The molecule has 0 amide bonds. The molecule has 0 bridgehead atoms. The largest absolute Gasteiger partial charge is 0.461 e. The van der Waals surface area contributed by atoms with Gasteiger partial charge in [-0.3, -0.25) is 4.21 Å². The number of nitrogens with zero attached hydrogens (tertiary/aromatic N) is 2. The molecule has 0 aliphatic heterocycles. The first-order chi connectivity index (χ1) is 8.38. The van der Waals surface area contributed by atoms with Gasteiger partial charge in [0.25, 0.3) is 0 Å². The van der Waals surface area contributed by atoms with Crippen molar-refractivity contribution in [3.8, 4) is 0 Å². The molecule has 2 N–H and O–H groups in total. The number of carbonyl (C=O) groups excluding carboxylic acids is 1. The van der Waals surface area contributed by atoms with Crippen LogP contribution in [0.5, 0.6) is 0 Å². The minimum absolute atomic E-state index is 0.0600. The van der Waals surface area contributed by atoms with Gasteiger partial charge in [0.1, 0.15) is 11.6 Å². The van der Waals surface area contributed by atoms with Crippen LogP contribution in [-0.4, -0.2) is 37.8 Å². The predicted octanol–water partition coefficient (Wildman–Crippen LogP) is 0.717. The maximum absolute atomic E-state index is 11.6. The number of aromatic nitrogens is 2. The van der Waals surface area contributed by atoms with Gasteiger partial charge in [0.05, 0.1) is 6.61 Å². The van der Waals surface area contributed by atoms with Crippen LogP contribution in [0.2, 0.25) is 0 Å². The van der Waals surface area contributed by atoms with E-state index in [1.165, 1.54) is 0 Å². The zero-order chi connectivity index (χ0) is 13.9. The summed E-state index contributed by atoms with van der Waals surface area (Å²) in [5, 5.41) is -0.0600. The Morgan fingerprint density at radius 1 is 1.61 bits per heavy atom. The van der Waals surface area contributed by atoms with E-state index in [-0.39, 0.29) is 23.4 Å². The third-order valence-electron chi connectivity index (χ3n) is 2.67. The van der Waals surface area contributed by atoms with E-state index in [2.05, 4.69) is 4.98 Å². The van der Waals surface area contributed by atoms with Crippen molar-refractivity contribution in [1.82, 2.24) is 9.55 Å². The Bertz CT molecular complexity index is 470. The first-order valence-corrected chi connectivity index (χ1v) is 7.32. The SMILES string of the molecule is CCOC(=O)c1nc(C)n(CC(C)S(C)=O)c1N. The van der Waals surface area contributed by atoms with Gasteiger partial charge in [-0.1, -0.05) is 0 Å². The lowest BCUT2D eigenvalue weighted by Gasteiger charge is -2.12. The molecule has 2 atom stereocenters. The van der Waals surface area contributed by atoms with E-state index in [0.29, 0.717) is 12.4 Å².